The molecule has 0 aliphatic carbocycles. The zero-order valence-electron chi connectivity index (χ0n) is 26.3. The highest BCUT2D eigenvalue weighted by Gasteiger charge is 2.35. The van der Waals surface area contributed by atoms with Gasteiger partial charge in [-0.3, -0.25) is 19.2 Å². The SMILES string of the molecule is CC[C@H](C)[C@H](NC(=O)CN(C)C(=O)C(Cc1ccccc1)N(C)C(=O)[C@H](C)NC(=O)[C@H](O)CC(C)C)C(=O)OCC(Cl)(Cl)Cl. The van der Waals surface area contributed by atoms with Crippen LogP contribution in [-0.4, -0.2) is 99.8 Å². The molecule has 5 atom stereocenters. The molecule has 11 nitrogen and oxygen atoms in total. The first-order valence-electron chi connectivity index (χ1n) is 14.4. The topological polar surface area (TPSA) is 145 Å². The smallest absolute Gasteiger partial charge is 0.329 e. The first-order valence-corrected chi connectivity index (χ1v) is 15.6. The minimum Gasteiger partial charge on any atom is -0.460 e. The summed E-state index contributed by atoms with van der Waals surface area (Å²) in [5, 5.41) is 15.3. The van der Waals surface area contributed by atoms with Crippen molar-refractivity contribution in [2.45, 2.75) is 81.9 Å². The standard InChI is InChI=1S/C30H45Cl3N4O7/c1-8-19(4)25(29(43)44-17-30(31,32)33)35-24(39)16-36(6)28(42)22(15-21-12-10-9-11-13-21)37(7)27(41)20(5)34-26(40)23(38)14-18(2)3/h9-13,18-20,22-23,25,38H,8,14-17H2,1-7H3,(H,34,40)(H,35,39)/t19-,20-,22?,23+,25-/m0/s1. The quantitative estimate of drug-likeness (QED) is 0.180. The summed E-state index contributed by atoms with van der Waals surface area (Å²) in [6, 6.07) is 5.89. The Morgan fingerprint density at radius 3 is 2.07 bits per heavy atom. The molecular weight excluding hydrogens is 635 g/mol. The van der Waals surface area contributed by atoms with E-state index >= 15 is 0 Å². The average molecular weight is 680 g/mol. The molecule has 14 heteroatoms. The second kappa shape index (κ2) is 18.4. The number of benzene rings is 1. The summed E-state index contributed by atoms with van der Waals surface area (Å²) in [4.78, 5) is 67.6. The molecule has 0 radical (unpaired) electrons. The van der Waals surface area contributed by atoms with Gasteiger partial charge in [0.05, 0.1) is 6.54 Å². The summed E-state index contributed by atoms with van der Waals surface area (Å²) >= 11 is 17.0. The number of likely N-dealkylation sites (N-methyl/N-ethyl adjacent to an activating group) is 2. The number of alkyl halides is 3. The van der Waals surface area contributed by atoms with Crippen molar-refractivity contribution in [1.82, 2.24) is 20.4 Å². The number of amides is 4. The molecule has 1 aromatic rings. The highest BCUT2D eigenvalue weighted by molar-refractivity contribution is 6.67. The molecule has 1 rings (SSSR count). The molecule has 1 unspecified atom stereocenters. The number of nitrogens with zero attached hydrogens (tertiary/aromatic N) is 2. The van der Waals surface area contributed by atoms with Crippen LogP contribution in [0.1, 0.15) is 53.0 Å². The highest BCUT2D eigenvalue weighted by Crippen LogP contribution is 2.26. The molecule has 0 bridgehead atoms. The second-order valence-corrected chi connectivity index (χ2v) is 13.9. The van der Waals surface area contributed by atoms with E-state index < -0.39 is 70.8 Å². The molecule has 248 valence electrons. The summed E-state index contributed by atoms with van der Waals surface area (Å²) < 4.78 is 3.25. The number of hydrogen-bond acceptors (Lipinski definition) is 7. The second-order valence-electron chi connectivity index (χ2n) is 11.4. The van der Waals surface area contributed by atoms with Gasteiger partial charge in [0, 0.05) is 20.5 Å². The van der Waals surface area contributed by atoms with Crippen molar-refractivity contribution in [1.29, 1.82) is 0 Å². The number of halogens is 3. The lowest BCUT2D eigenvalue weighted by atomic mass is 9.99. The van der Waals surface area contributed by atoms with Crippen molar-refractivity contribution >= 4 is 64.4 Å². The average Bonchev–Trinajstić information content (AvgIpc) is 2.95. The number of esters is 1. The van der Waals surface area contributed by atoms with E-state index in [-0.39, 0.29) is 24.7 Å². The summed E-state index contributed by atoms with van der Waals surface area (Å²) in [7, 11) is 2.85. The predicted molar refractivity (Wildman–Crippen MR) is 170 cm³/mol. The largest absolute Gasteiger partial charge is 0.460 e. The Morgan fingerprint density at radius 1 is 0.955 bits per heavy atom. The number of aliphatic hydroxyl groups excluding tert-OH is 1. The minimum atomic E-state index is -1.82. The number of carbonyl (C=O) groups excluding carboxylic acids is 5. The van der Waals surface area contributed by atoms with E-state index in [0.717, 1.165) is 10.5 Å². The van der Waals surface area contributed by atoms with Gasteiger partial charge in [-0.25, -0.2) is 4.79 Å². The van der Waals surface area contributed by atoms with Crippen molar-refractivity contribution in [2.24, 2.45) is 11.8 Å². The van der Waals surface area contributed by atoms with Gasteiger partial charge in [0.1, 0.15) is 30.8 Å². The predicted octanol–water partition coefficient (Wildman–Crippen LogP) is 2.87. The fraction of sp³-hybridized carbons (Fsp3) is 0.633. The number of nitrogens with one attached hydrogen (secondary N) is 2. The Labute approximate surface area is 274 Å². The summed E-state index contributed by atoms with van der Waals surface area (Å²) in [5.74, 6) is -3.46. The van der Waals surface area contributed by atoms with Gasteiger partial charge < -0.3 is 30.3 Å². The number of ether oxygens (including phenoxy) is 1. The Bertz CT molecular complexity index is 1120. The van der Waals surface area contributed by atoms with Gasteiger partial charge in [0.15, 0.2) is 0 Å². The maximum Gasteiger partial charge on any atom is 0.329 e. The van der Waals surface area contributed by atoms with Gasteiger partial charge in [-0.2, -0.15) is 0 Å². The van der Waals surface area contributed by atoms with Crippen LogP contribution in [0.3, 0.4) is 0 Å². The maximum atomic E-state index is 13.7. The van der Waals surface area contributed by atoms with E-state index in [1.165, 1.54) is 25.9 Å². The molecule has 0 aromatic heterocycles. The van der Waals surface area contributed by atoms with Crippen molar-refractivity contribution in [3.05, 3.63) is 35.9 Å². The third-order valence-electron chi connectivity index (χ3n) is 7.02. The van der Waals surface area contributed by atoms with E-state index in [1.807, 2.05) is 26.8 Å². The Kier molecular flexibility index (Phi) is 16.5. The van der Waals surface area contributed by atoms with Crippen LogP contribution in [-0.2, 0) is 35.1 Å². The molecule has 1 aromatic carbocycles. The van der Waals surface area contributed by atoms with Crippen molar-refractivity contribution in [3.8, 4) is 0 Å². The van der Waals surface area contributed by atoms with Crippen LogP contribution in [0.4, 0.5) is 0 Å². The van der Waals surface area contributed by atoms with E-state index in [2.05, 4.69) is 10.6 Å². The van der Waals surface area contributed by atoms with E-state index in [1.54, 1.807) is 31.2 Å². The van der Waals surface area contributed by atoms with Crippen LogP contribution >= 0.6 is 34.8 Å². The van der Waals surface area contributed by atoms with Crippen LogP contribution in [0.5, 0.6) is 0 Å². The summed E-state index contributed by atoms with van der Waals surface area (Å²) in [6.07, 6.45) is -0.394. The van der Waals surface area contributed by atoms with Gasteiger partial charge in [-0.1, -0.05) is 99.3 Å². The van der Waals surface area contributed by atoms with Gasteiger partial charge in [-0.05, 0) is 30.7 Å². The first kappa shape index (κ1) is 39.4. The lowest BCUT2D eigenvalue weighted by Gasteiger charge is -2.33. The van der Waals surface area contributed by atoms with Crippen LogP contribution in [0, 0.1) is 11.8 Å². The number of hydrogen-bond donors (Lipinski definition) is 3. The monoisotopic (exact) mass is 678 g/mol. The molecule has 3 N–H and O–H groups in total. The van der Waals surface area contributed by atoms with Crippen molar-refractivity contribution < 1.29 is 33.8 Å². The lowest BCUT2D eigenvalue weighted by Crippen LogP contribution is -2.56. The zero-order valence-corrected chi connectivity index (χ0v) is 28.6. The maximum absolute atomic E-state index is 13.7. The lowest BCUT2D eigenvalue weighted by molar-refractivity contribution is -0.150. The van der Waals surface area contributed by atoms with Gasteiger partial charge >= 0.3 is 5.97 Å². The molecule has 0 saturated carbocycles. The Balaban J connectivity index is 3.09. The highest BCUT2D eigenvalue weighted by atomic mass is 35.6. The molecule has 4 amide bonds. The number of rotatable bonds is 16. The fourth-order valence-corrected chi connectivity index (χ4v) is 4.45. The Hall–Kier alpha value is -2.60. The third kappa shape index (κ3) is 13.6. The number of aliphatic hydroxyl groups is 1. The van der Waals surface area contributed by atoms with E-state index in [9.17, 15) is 29.1 Å². The Morgan fingerprint density at radius 2 is 1.55 bits per heavy atom. The van der Waals surface area contributed by atoms with Gasteiger partial charge in [-0.15, -0.1) is 0 Å². The number of carbonyl (C=O) groups is 5. The van der Waals surface area contributed by atoms with Crippen LogP contribution in [0.15, 0.2) is 30.3 Å². The normalized spacial score (nSPS) is 14.9. The molecule has 44 heavy (non-hydrogen) atoms. The fourth-order valence-electron chi connectivity index (χ4n) is 4.29. The first-order chi connectivity index (χ1) is 20.4. The van der Waals surface area contributed by atoms with Gasteiger partial charge in [0.2, 0.25) is 27.4 Å². The summed E-state index contributed by atoms with van der Waals surface area (Å²) in [6.45, 7) is 7.83. The van der Waals surface area contributed by atoms with E-state index in [4.69, 9.17) is 39.5 Å². The molecule has 0 aliphatic rings. The third-order valence-corrected chi connectivity index (χ3v) is 7.34. The molecule has 0 spiro atoms. The van der Waals surface area contributed by atoms with Crippen LogP contribution in [0.25, 0.3) is 0 Å². The van der Waals surface area contributed by atoms with Crippen LogP contribution in [0.2, 0.25) is 0 Å². The van der Waals surface area contributed by atoms with E-state index in [0.29, 0.717) is 6.42 Å². The zero-order chi connectivity index (χ0) is 33.8. The molecule has 0 fully saturated rings. The molecule has 0 saturated heterocycles. The van der Waals surface area contributed by atoms with Crippen LogP contribution < -0.4 is 10.6 Å². The molecule has 0 heterocycles. The molecule has 0 aliphatic heterocycles. The minimum absolute atomic E-state index is 0.0672. The van der Waals surface area contributed by atoms with Crippen molar-refractivity contribution in [2.75, 3.05) is 27.2 Å². The van der Waals surface area contributed by atoms with Gasteiger partial charge in [0.25, 0.3) is 0 Å². The summed E-state index contributed by atoms with van der Waals surface area (Å²) in [5.41, 5.74) is 0.765. The van der Waals surface area contributed by atoms with Crippen molar-refractivity contribution in [3.63, 3.8) is 0 Å². The molecular formula is C30H45Cl3N4O7.